The molecular formula is C13H23NO5. The summed E-state index contributed by atoms with van der Waals surface area (Å²) in [5, 5.41) is 9.91. The Morgan fingerprint density at radius 1 is 1.37 bits per heavy atom. The Morgan fingerprint density at radius 2 is 1.89 bits per heavy atom. The Balaban J connectivity index is 2.51. The minimum atomic E-state index is -1.22. The highest BCUT2D eigenvalue weighted by atomic mass is 16.6. The smallest absolute Gasteiger partial charge is 0.410 e. The minimum Gasteiger partial charge on any atom is -0.464 e. The fourth-order valence-corrected chi connectivity index (χ4v) is 1.96. The highest BCUT2D eigenvalue weighted by Gasteiger charge is 2.50. The highest BCUT2D eigenvalue weighted by molar-refractivity contribution is 5.77. The maximum absolute atomic E-state index is 11.8. The molecule has 6 heteroatoms. The van der Waals surface area contributed by atoms with Gasteiger partial charge in [0.2, 0.25) is 0 Å². The number of nitrogens with zero attached hydrogens (tertiary/aromatic N) is 1. The Bertz CT molecular complexity index is 355. The molecule has 1 atom stereocenters. The average Bonchev–Trinajstić information content (AvgIpc) is 2.21. The zero-order chi connectivity index (χ0) is 14.8. The van der Waals surface area contributed by atoms with Crippen LogP contribution in [-0.4, -0.2) is 53.5 Å². The van der Waals surface area contributed by atoms with Crippen molar-refractivity contribution >= 4 is 12.1 Å². The molecule has 0 aromatic rings. The summed E-state index contributed by atoms with van der Waals surface area (Å²) in [6.45, 7) is 9.58. The molecule has 1 heterocycles. The van der Waals surface area contributed by atoms with Gasteiger partial charge in [0.1, 0.15) is 5.60 Å². The number of hydrogen-bond acceptors (Lipinski definition) is 5. The van der Waals surface area contributed by atoms with Crippen LogP contribution in [0.4, 0.5) is 4.79 Å². The molecule has 0 bridgehead atoms. The molecule has 0 radical (unpaired) electrons. The first kappa shape index (κ1) is 15.8. The van der Waals surface area contributed by atoms with Crippen LogP contribution in [0.1, 0.15) is 34.6 Å². The maximum atomic E-state index is 11.8. The molecule has 6 nitrogen and oxygen atoms in total. The van der Waals surface area contributed by atoms with Crippen molar-refractivity contribution in [2.75, 3.05) is 19.7 Å². The number of carbonyl (C=O) groups is 2. The van der Waals surface area contributed by atoms with Gasteiger partial charge < -0.3 is 19.5 Å². The first-order valence-corrected chi connectivity index (χ1v) is 6.42. The van der Waals surface area contributed by atoms with Gasteiger partial charge in [0.15, 0.2) is 6.10 Å². The fraction of sp³-hybridized carbons (Fsp3) is 0.846. The van der Waals surface area contributed by atoms with Crippen molar-refractivity contribution in [2.45, 2.75) is 46.3 Å². The number of amides is 1. The maximum Gasteiger partial charge on any atom is 0.410 e. The number of aliphatic hydroxyl groups is 1. The molecule has 1 rings (SSSR count). The minimum absolute atomic E-state index is 0.224. The first-order valence-electron chi connectivity index (χ1n) is 6.42. The summed E-state index contributed by atoms with van der Waals surface area (Å²) >= 11 is 0. The SMILES string of the molecule is CCOC(=O)C(O)C1(C)CN(C(=O)OC(C)(C)C)C1. The van der Waals surface area contributed by atoms with Crippen molar-refractivity contribution in [3.05, 3.63) is 0 Å². The predicted octanol–water partition coefficient (Wildman–Crippen LogP) is 1.17. The van der Waals surface area contributed by atoms with E-state index < -0.39 is 29.2 Å². The van der Waals surface area contributed by atoms with Crippen LogP contribution in [0.2, 0.25) is 0 Å². The van der Waals surface area contributed by atoms with E-state index in [1.807, 2.05) is 0 Å². The quantitative estimate of drug-likeness (QED) is 0.781. The summed E-state index contributed by atoms with van der Waals surface area (Å²) in [4.78, 5) is 24.7. The number of rotatable bonds is 3. The summed E-state index contributed by atoms with van der Waals surface area (Å²) in [5.41, 5.74) is -1.22. The van der Waals surface area contributed by atoms with Crippen molar-refractivity contribution in [3.63, 3.8) is 0 Å². The number of likely N-dealkylation sites (tertiary alicyclic amines) is 1. The monoisotopic (exact) mass is 273 g/mol. The third-order valence-electron chi connectivity index (χ3n) is 2.93. The van der Waals surface area contributed by atoms with Crippen LogP contribution in [0.3, 0.4) is 0 Å². The normalized spacial score (nSPS) is 19.4. The summed E-state index contributed by atoms with van der Waals surface area (Å²) in [6, 6.07) is 0. The second kappa shape index (κ2) is 5.36. The Kier molecular flexibility index (Phi) is 4.45. The van der Waals surface area contributed by atoms with Gasteiger partial charge in [-0.05, 0) is 27.7 Å². The van der Waals surface area contributed by atoms with Crippen molar-refractivity contribution in [2.24, 2.45) is 5.41 Å². The van der Waals surface area contributed by atoms with E-state index in [0.29, 0.717) is 0 Å². The van der Waals surface area contributed by atoms with Gasteiger partial charge in [-0.1, -0.05) is 6.92 Å². The summed E-state index contributed by atoms with van der Waals surface area (Å²) in [5.74, 6) is -0.645. The topological polar surface area (TPSA) is 76.1 Å². The molecule has 110 valence electrons. The molecular weight excluding hydrogens is 250 g/mol. The van der Waals surface area contributed by atoms with Gasteiger partial charge in [-0.25, -0.2) is 9.59 Å². The molecule has 1 fully saturated rings. The third kappa shape index (κ3) is 3.83. The zero-order valence-corrected chi connectivity index (χ0v) is 12.2. The van der Waals surface area contributed by atoms with Gasteiger partial charge in [0.05, 0.1) is 6.61 Å². The van der Waals surface area contributed by atoms with Gasteiger partial charge in [-0.3, -0.25) is 0 Å². The van der Waals surface area contributed by atoms with Crippen LogP contribution in [0.15, 0.2) is 0 Å². The van der Waals surface area contributed by atoms with E-state index in [2.05, 4.69) is 0 Å². The molecule has 0 aliphatic carbocycles. The summed E-state index contributed by atoms with van der Waals surface area (Å²) in [6.07, 6.45) is -1.65. The second-order valence-corrected chi connectivity index (χ2v) is 6.15. The number of ether oxygens (including phenoxy) is 2. The van der Waals surface area contributed by atoms with Crippen LogP contribution in [-0.2, 0) is 14.3 Å². The second-order valence-electron chi connectivity index (χ2n) is 6.15. The third-order valence-corrected chi connectivity index (χ3v) is 2.93. The molecule has 19 heavy (non-hydrogen) atoms. The van der Waals surface area contributed by atoms with E-state index >= 15 is 0 Å². The summed E-state index contributed by atoms with van der Waals surface area (Å²) < 4.78 is 9.99. The molecule has 1 N–H and O–H groups in total. The molecule has 1 amide bonds. The molecule has 1 aliphatic heterocycles. The van der Waals surface area contributed by atoms with Crippen LogP contribution in [0.25, 0.3) is 0 Å². The van der Waals surface area contributed by atoms with Gasteiger partial charge >= 0.3 is 12.1 Å². The van der Waals surface area contributed by atoms with Gasteiger partial charge in [0, 0.05) is 18.5 Å². The van der Waals surface area contributed by atoms with E-state index in [0.717, 1.165) is 0 Å². The van der Waals surface area contributed by atoms with Gasteiger partial charge in [0.25, 0.3) is 0 Å². The lowest BCUT2D eigenvalue weighted by Gasteiger charge is -2.49. The van der Waals surface area contributed by atoms with E-state index in [1.165, 1.54) is 4.90 Å². The van der Waals surface area contributed by atoms with Crippen molar-refractivity contribution in [1.29, 1.82) is 0 Å². The fourth-order valence-electron chi connectivity index (χ4n) is 1.96. The van der Waals surface area contributed by atoms with E-state index in [1.54, 1.807) is 34.6 Å². The number of hydrogen-bond donors (Lipinski definition) is 1. The molecule has 0 aromatic carbocycles. The van der Waals surface area contributed by atoms with Crippen molar-refractivity contribution < 1.29 is 24.2 Å². The molecule has 0 saturated carbocycles. The van der Waals surface area contributed by atoms with E-state index in [9.17, 15) is 14.7 Å². The van der Waals surface area contributed by atoms with Crippen LogP contribution in [0, 0.1) is 5.41 Å². The molecule has 0 spiro atoms. The van der Waals surface area contributed by atoms with Crippen LogP contribution < -0.4 is 0 Å². The Morgan fingerprint density at radius 3 is 2.32 bits per heavy atom. The Hall–Kier alpha value is -1.30. The van der Waals surface area contributed by atoms with Gasteiger partial charge in [-0.2, -0.15) is 0 Å². The zero-order valence-electron chi connectivity index (χ0n) is 12.2. The predicted molar refractivity (Wildman–Crippen MR) is 68.6 cm³/mol. The average molecular weight is 273 g/mol. The van der Waals surface area contributed by atoms with Crippen molar-refractivity contribution in [3.8, 4) is 0 Å². The standard InChI is InChI=1S/C13H23NO5/c1-6-18-10(16)9(15)13(5)7-14(8-13)11(17)19-12(2,3)4/h9,15H,6-8H2,1-5H3. The molecule has 1 aliphatic rings. The number of esters is 1. The molecule has 1 unspecified atom stereocenters. The highest BCUT2D eigenvalue weighted by Crippen LogP contribution is 2.35. The van der Waals surface area contributed by atoms with E-state index in [-0.39, 0.29) is 19.7 Å². The van der Waals surface area contributed by atoms with E-state index in [4.69, 9.17) is 9.47 Å². The van der Waals surface area contributed by atoms with Crippen LogP contribution in [0.5, 0.6) is 0 Å². The summed E-state index contributed by atoms with van der Waals surface area (Å²) in [7, 11) is 0. The molecule has 1 saturated heterocycles. The first-order chi connectivity index (χ1) is 8.59. The Labute approximate surface area is 113 Å². The van der Waals surface area contributed by atoms with Gasteiger partial charge in [-0.15, -0.1) is 0 Å². The van der Waals surface area contributed by atoms with Crippen molar-refractivity contribution in [1.82, 2.24) is 4.90 Å². The lowest BCUT2D eigenvalue weighted by Crippen LogP contribution is -2.64. The largest absolute Gasteiger partial charge is 0.464 e. The number of aliphatic hydroxyl groups excluding tert-OH is 1. The van der Waals surface area contributed by atoms with Crippen LogP contribution >= 0.6 is 0 Å². The molecule has 0 aromatic heterocycles. The lowest BCUT2D eigenvalue weighted by atomic mass is 9.77. The number of carbonyl (C=O) groups excluding carboxylic acids is 2. The lowest BCUT2D eigenvalue weighted by molar-refractivity contribution is -0.168.